The SMILES string of the molecule is Cc1ccc(N2C[C@H](NC(=O)NCCN(C)C)CC2=O)cc1. The molecule has 0 radical (unpaired) electrons. The van der Waals surface area contributed by atoms with E-state index in [1.807, 2.05) is 50.2 Å². The van der Waals surface area contributed by atoms with Gasteiger partial charge in [0, 0.05) is 31.7 Å². The van der Waals surface area contributed by atoms with E-state index in [1.165, 1.54) is 0 Å². The van der Waals surface area contributed by atoms with Gasteiger partial charge in [-0.05, 0) is 33.2 Å². The first-order valence-corrected chi connectivity index (χ1v) is 7.52. The first kappa shape index (κ1) is 16.3. The summed E-state index contributed by atoms with van der Waals surface area (Å²) in [6.45, 7) is 3.90. The summed E-state index contributed by atoms with van der Waals surface area (Å²) in [5.74, 6) is 0.0439. The van der Waals surface area contributed by atoms with Gasteiger partial charge < -0.3 is 20.4 Å². The van der Waals surface area contributed by atoms with E-state index in [9.17, 15) is 9.59 Å². The van der Waals surface area contributed by atoms with Crippen molar-refractivity contribution in [2.45, 2.75) is 19.4 Å². The second-order valence-electron chi connectivity index (χ2n) is 5.94. The largest absolute Gasteiger partial charge is 0.337 e. The lowest BCUT2D eigenvalue weighted by molar-refractivity contribution is -0.117. The molecule has 6 heteroatoms. The van der Waals surface area contributed by atoms with Crippen LogP contribution in [0.25, 0.3) is 0 Å². The zero-order valence-corrected chi connectivity index (χ0v) is 13.4. The molecule has 0 unspecified atom stereocenters. The molecule has 3 amide bonds. The number of nitrogens with one attached hydrogen (secondary N) is 2. The van der Waals surface area contributed by atoms with Gasteiger partial charge >= 0.3 is 6.03 Å². The molecule has 0 saturated carbocycles. The van der Waals surface area contributed by atoms with E-state index in [-0.39, 0.29) is 18.0 Å². The van der Waals surface area contributed by atoms with Crippen molar-refractivity contribution in [2.75, 3.05) is 38.6 Å². The average molecular weight is 304 g/mol. The maximum Gasteiger partial charge on any atom is 0.315 e. The number of anilines is 1. The molecule has 120 valence electrons. The van der Waals surface area contributed by atoms with Crippen molar-refractivity contribution in [3.8, 4) is 0 Å². The molecule has 1 heterocycles. The van der Waals surface area contributed by atoms with Crippen molar-refractivity contribution in [2.24, 2.45) is 0 Å². The second-order valence-corrected chi connectivity index (χ2v) is 5.94. The second kappa shape index (κ2) is 7.26. The highest BCUT2D eigenvalue weighted by molar-refractivity contribution is 5.96. The highest BCUT2D eigenvalue weighted by atomic mass is 16.2. The molecule has 1 fully saturated rings. The molecule has 0 spiro atoms. The molecule has 2 N–H and O–H groups in total. The third-order valence-electron chi connectivity index (χ3n) is 3.65. The van der Waals surface area contributed by atoms with E-state index < -0.39 is 0 Å². The van der Waals surface area contributed by atoms with Crippen LogP contribution in [-0.4, -0.2) is 56.6 Å². The summed E-state index contributed by atoms with van der Waals surface area (Å²) >= 11 is 0. The zero-order chi connectivity index (χ0) is 16.1. The van der Waals surface area contributed by atoms with Gasteiger partial charge in [0.2, 0.25) is 5.91 Å². The van der Waals surface area contributed by atoms with Gasteiger partial charge in [-0.3, -0.25) is 4.79 Å². The van der Waals surface area contributed by atoms with E-state index in [0.717, 1.165) is 17.8 Å². The number of rotatable bonds is 5. The summed E-state index contributed by atoms with van der Waals surface area (Å²) in [7, 11) is 3.91. The number of hydrogen-bond donors (Lipinski definition) is 2. The summed E-state index contributed by atoms with van der Waals surface area (Å²) in [6.07, 6.45) is 0.342. The predicted octanol–water partition coefficient (Wildman–Crippen LogP) is 0.961. The number of hydrogen-bond acceptors (Lipinski definition) is 3. The van der Waals surface area contributed by atoms with Crippen LogP contribution in [0.15, 0.2) is 24.3 Å². The number of likely N-dealkylation sites (N-methyl/N-ethyl adjacent to an activating group) is 1. The number of carbonyl (C=O) groups is 2. The van der Waals surface area contributed by atoms with E-state index in [1.54, 1.807) is 4.90 Å². The third kappa shape index (κ3) is 4.46. The van der Waals surface area contributed by atoms with Gasteiger partial charge in [-0.2, -0.15) is 0 Å². The van der Waals surface area contributed by atoms with Gasteiger partial charge in [0.1, 0.15) is 0 Å². The fourth-order valence-electron chi connectivity index (χ4n) is 2.41. The van der Waals surface area contributed by atoms with Crippen molar-refractivity contribution >= 4 is 17.6 Å². The van der Waals surface area contributed by atoms with E-state index in [0.29, 0.717) is 19.5 Å². The van der Waals surface area contributed by atoms with Crippen molar-refractivity contribution in [1.82, 2.24) is 15.5 Å². The van der Waals surface area contributed by atoms with Crippen LogP contribution in [0.3, 0.4) is 0 Å². The Morgan fingerprint density at radius 1 is 1.32 bits per heavy atom. The number of nitrogens with zero attached hydrogens (tertiary/aromatic N) is 2. The Bertz CT molecular complexity index is 527. The van der Waals surface area contributed by atoms with Crippen LogP contribution in [0, 0.1) is 6.92 Å². The molecule has 1 aliphatic heterocycles. The van der Waals surface area contributed by atoms with Gasteiger partial charge in [0.15, 0.2) is 0 Å². The summed E-state index contributed by atoms with van der Waals surface area (Å²) in [6, 6.07) is 7.48. The maximum absolute atomic E-state index is 12.1. The van der Waals surface area contributed by atoms with Crippen molar-refractivity contribution in [3.63, 3.8) is 0 Å². The average Bonchev–Trinajstić information content (AvgIpc) is 2.80. The fraction of sp³-hybridized carbons (Fsp3) is 0.500. The maximum atomic E-state index is 12.1. The normalized spacial score (nSPS) is 17.9. The Labute approximate surface area is 131 Å². The molecule has 0 bridgehead atoms. The standard InChI is InChI=1S/C16H24N4O2/c1-12-4-6-14(7-5-12)20-11-13(10-15(20)21)18-16(22)17-8-9-19(2)3/h4-7,13H,8-11H2,1-3H3,(H2,17,18,22)/t13-/m1/s1. The molecule has 0 aliphatic carbocycles. The van der Waals surface area contributed by atoms with Gasteiger partial charge in [0.25, 0.3) is 0 Å². The number of aryl methyl sites for hydroxylation is 1. The van der Waals surface area contributed by atoms with Gasteiger partial charge in [0.05, 0.1) is 6.04 Å². The van der Waals surface area contributed by atoms with Gasteiger partial charge in [-0.15, -0.1) is 0 Å². The highest BCUT2D eigenvalue weighted by Gasteiger charge is 2.31. The molecule has 1 saturated heterocycles. The van der Waals surface area contributed by atoms with Crippen LogP contribution in [-0.2, 0) is 4.79 Å². The lowest BCUT2D eigenvalue weighted by Crippen LogP contribution is -2.45. The molecule has 1 aromatic rings. The molecular weight excluding hydrogens is 280 g/mol. The van der Waals surface area contributed by atoms with Crippen molar-refractivity contribution in [1.29, 1.82) is 0 Å². The summed E-state index contributed by atoms with van der Waals surface area (Å²) in [4.78, 5) is 27.6. The Morgan fingerprint density at radius 3 is 2.64 bits per heavy atom. The molecule has 6 nitrogen and oxygen atoms in total. The lowest BCUT2D eigenvalue weighted by Gasteiger charge is -2.18. The molecule has 2 rings (SSSR count). The summed E-state index contributed by atoms with van der Waals surface area (Å²) in [5, 5.41) is 5.66. The van der Waals surface area contributed by atoms with Crippen LogP contribution in [0.4, 0.5) is 10.5 Å². The van der Waals surface area contributed by atoms with E-state index in [2.05, 4.69) is 10.6 Å². The minimum atomic E-state index is -0.217. The molecule has 22 heavy (non-hydrogen) atoms. The Morgan fingerprint density at radius 2 is 2.00 bits per heavy atom. The monoisotopic (exact) mass is 304 g/mol. The van der Waals surface area contributed by atoms with Gasteiger partial charge in [-0.1, -0.05) is 17.7 Å². The number of benzene rings is 1. The smallest absolute Gasteiger partial charge is 0.315 e. The molecule has 1 aromatic carbocycles. The molecule has 1 aliphatic rings. The Balaban J connectivity index is 1.84. The molecule has 1 atom stereocenters. The number of amides is 3. The Hall–Kier alpha value is -2.08. The lowest BCUT2D eigenvalue weighted by atomic mass is 10.2. The van der Waals surface area contributed by atoms with Crippen LogP contribution in [0.5, 0.6) is 0 Å². The number of carbonyl (C=O) groups excluding carboxylic acids is 2. The number of urea groups is 1. The quantitative estimate of drug-likeness (QED) is 0.851. The minimum absolute atomic E-state index is 0.0439. The summed E-state index contributed by atoms with van der Waals surface area (Å²) in [5.41, 5.74) is 2.04. The van der Waals surface area contributed by atoms with Crippen molar-refractivity contribution in [3.05, 3.63) is 29.8 Å². The highest BCUT2D eigenvalue weighted by Crippen LogP contribution is 2.21. The van der Waals surface area contributed by atoms with E-state index in [4.69, 9.17) is 0 Å². The molecule has 0 aromatic heterocycles. The van der Waals surface area contributed by atoms with Crippen LogP contribution >= 0.6 is 0 Å². The predicted molar refractivity (Wildman–Crippen MR) is 87.0 cm³/mol. The van der Waals surface area contributed by atoms with Crippen LogP contribution < -0.4 is 15.5 Å². The van der Waals surface area contributed by atoms with Crippen LogP contribution in [0.2, 0.25) is 0 Å². The molecular formula is C16H24N4O2. The van der Waals surface area contributed by atoms with E-state index >= 15 is 0 Å². The topological polar surface area (TPSA) is 64.7 Å². The fourth-order valence-corrected chi connectivity index (χ4v) is 2.41. The van der Waals surface area contributed by atoms with Gasteiger partial charge in [-0.25, -0.2) is 4.79 Å². The zero-order valence-electron chi connectivity index (χ0n) is 13.4. The minimum Gasteiger partial charge on any atom is -0.337 e. The van der Waals surface area contributed by atoms with Crippen LogP contribution in [0.1, 0.15) is 12.0 Å². The first-order chi connectivity index (χ1) is 10.5. The first-order valence-electron chi connectivity index (χ1n) is 7.52. The Kier molecular flexibility index (Phi) is 5.38. The van der Waals surface area contributed by atoms with Crippen molar-refractivity contribution < 1.29 is 9.59 Å². The third-order valence-corrected chi connectivity index (χ3v) is 3.65. The summed E-state index contributed by atoms with van der Waals surface area (Å²) < 4.78 is 0.